The van der Waals surface area contributed by atoms with Gasteiger partial charge in [0.2, 0.25) is 0 Å². The molecule has 0 atom stereocenters. The van der Waals surface area contributed by atoms with E-state index in [-0.39, 0.29) is 0 Å². The van der Waals surface area contributed by atoms with Crippen LogP contribution >= 0.6 is 0 Å². The summed E-state index contributed by atoms with van der Waals surface area (Å²) >= 11 is 0. The summed E-state index contributed by atoms with van der Waals surface area (Å²) in [5.41, 5.74) is 3.17. The van der Waals surface area contributed by atoms with Gasteiger partial charge in [0.05, 0.1) is 31.7 Å². The highest BCUT2D eigenvalue weighted by molar-refractivity contribution is 5.80. The van der Waals surface area contributed by atoms with Crippen molar-refractivity contribution in [3.8, 4) is 11.3 Å². The van der Waals surface area contributed by atoms with Gasteiger partial charge in [0.25, 0.3) is 0 Å². The highest BCUT2D eigenvalue weighted by Gasteiger charge is 2.12. The lowest BCUT2D eigenvalue weighted by Crippen LogP contribution is -2.44. The molecule has 2 aromatic heterocycles. The molecule has 4 rings (SSSR count). The number of ether oxygens (including phenoxy) is 1. The molecule has 0 spiro atoms. The third kappa shape index (κ3) is 6.45. The molecule has 170 valence electrons. The van der Waals surface area contributed by atoms with E-state index in [0.29, 0.717) is 6.54 Å². The lowest BCUT2D eigenvalue weighted by Gasteiger charge is -2.26. The van der Waals surface area contributed by atoms with Gasteiger partial charge >= 0.3 is 0 Å². The summed E-state index contributed by atoms with van der Waals surface area (Å²) in [5.74, 6) is 1.76. The van der Waals surface area contributed by atoms with Crippen LogP contribution < -0.4 is 10.6 Å². The smallest absolute Gasteiger partial charge is 0.191 e. The second kappa shape index (κ2) is 11.5. The molecular formula is C24H32N6O2. The van der Waals surface area contributed by atoms with E-state index in [1.807, 2.05) is 48.3 Å². The first kappa shape index (κ1) is 22.1. The van der Waals surface area contributed by atoms with Crippen molar-refractivity contribution >= 4 is 5.96 Å². The van der Waals surface area contributed by atoms with E-state index < -0.39 is 0 Å². The zero-order chi connectivity index (χ0) is 22.0. The van der Waals surface area contributed by atoms with Gasteiger partial charge in [-0.15, -0.1) is 0 Å². The van der Waals surface area contributed by atoms with Crippen LogP contribution in [-0.2, 0) is 24.8 Å². The first-order chi connectivity index (χ1) is 15.8. The molecule has 0 amide bonds. The molecule has 0 radical (unpaired) electrons. The van der Waals surface area contributed by atoms with Gasteiger partial charge in [0, 0.05) is 63.5 Å². The van der Waals surface area contributed by atoms with Crippen LogP contribution in [0.5, 0.6) is 0 Å². The monoisotopic (exact) mass is 436 g/mol. The van der Waals surface area contributed by atoms with Crippen molar-refractivity contribution in [2.24, 2.45) is 12.0 Å². The van der Waals surface area contributed by atoms with E-state index in [0.717, 1.165) is 80.9 Å². The van der Waals surface area contributed by atoms with Crippen molar-refractivity contribution in [3.63, 3.8) is 0 Å². The van der Waals surface area contributed by atoms with E-state index in [1.165, 1.54) is 0 Å². The normalized spacial score (nSPS) is 15.1. The molecule has 1 saturated heterocycles. The van der Waals surface area contributed by atoms with Crippen molar-refractivity contribution in [2.45, 2.75) is 13.0 Å². The standard InChI is InChI=1S/C24H32N6O2/c1-29-19-21(23(28-29)20-6-3-2-4-7-20)18-27-24(25-10-9-22-8-5-15-32-22)26-11-12-30-13-16-31-17-14-30/h2-8,15,19H,9-14,16-18H2,1H3,(H2,25,26,27). The molecule has 8 heteroatoms. The van der Waals surface area contributed by atoms with Crippen molar-refractivity contribution < 1.29 is 9.15 Å². The number of aromatic nitrogens is 2. The summed E-state index contributed by atoms with van der Waals surface area (Å²) in [7, 11) is 1.95. The fourth-order valence-electron chi connectivity index (χ4n) is 3.75. The Morgan fingerprint density at radius 1 is 1.06 bits per heavy atom. The number of nitrogens with zero attached hydrogens (tertiary/aromatic N) is 4. The van der Waals surface area contributed by atoms with Crippen LogP contribution in [0.2, 0.25) is 0 Å². The van der Waals surface area contributed by atoms with Crippen LogP contribution in [0.1, 0.15) is 11.3 Å². The van der Waals surface area contributed by atoms with E-state index in [9.17, 15) is 0 Å². The van der Waals surface area contributed by atoms with Crippen LogP contribution in [0.15, 0.2) is 64.3 Å². The number of hydrogen-bond acceptors (Lipinski definition) is 5. The fraction of sp³-hybridized carbons (Fsp3) is 0.417. The molecule has 0 aliphatic carbocycles. The van der Waals surface area contributed by atoms with Gasteiger partial charge in [0.1, 0.15) is 5.76 Å². The first-order valence-electron chi connectivity index (χ1n) is 11.2. The van der Waals surface area contributed by atoms with E-state index in [1.54, 1.807) is 6.26 Å². The van der Waals surface area contributed by atoms with Crippen molar-refractivity contribution in [3.05, 3.63) is 66.2 Å². The van der Waals surface area contributed by atoms with E-state index in [2.05, 4.69) is 32.8 Å². The number of aliphatic imine (C=N–C) groups is 1. The van der Waals surface area contributed by atoms with Gasteiger partial charge < -0.3 is 19.8 Å². The van der Waals surface area contributed by atoms with Crippen LogP contribution in [0.4, 0.5) is 0 Å². The maximum Gasteiger partial charge on any atom is 0.191 e. The summed E-state index contributed by atoms with van der Waals surface area (Å²) in [4.78, 5) is 7.27. The first-order valence-corrected chi connectivity index (χ1v) is 11.2. The second-order valence-corrected chi connectivity index (χ2v) is 7.84. The van der Waals surface area contributed by atoms with Crippen LogP contribution in [0, 0.1) is 0 Å². The number of furan rings is 1. The lowest BCUT2D eigenvalue weighted by molar-refractivity contribution is 0.0389. The zero-order valence-corrected chi connectivity index (χ0v) is 18.7. The quantitative estimate of drug-likeness (QED) is 0.396. The van der Waals surface area contributed by atoms with Crippen molar-refractivity contribution in [1.82, 2.24) is 25.3 Å². The molecule has 0 saturated carbocycles. The Bertz CT molecular complexity index is 962. The number of guanidine groups is 1. The van der Waals surface area contributed by atoms with Gasteiger partial charge in [0.15, 0.2) is 5.96 Å². The molecule has 2 N–H and O–H groups in total. The number of hydrogen-bond donors (Lipinski definition) is 2. The molecule has 1 aliphatic rings. The minimum Gasteiger partial charge on any atom is -0.469 e. The molecule has 1 aromatic carbocycles. The molecular weight excluding hydrogens is 404 g/mol. The fourth-order valence-corrected chi connectivity index (χ4v) is 3.75. The number of aryl methyl sites for hydroxylation is 1. The van der Waals surface area contributed by atoms with E-state index in [4.69, 9.17) is 14.1 Å². The molecule has 8 nitrogen and oxygen atoms in total. The van der Waals surface area contributed by atoms with Crippen molar-refractivity contribution in [2.75, 3.05) is 45.9 Å². The minimum absolute atomic E-state index is 0.547. The number of rotatable bonds is 9. The Hall–Kier alpha value is -3.10. The molecule has 3 aromatic rings. The third-order valence-corrected chi connectivity index (χ3v) is 5.43. The van der Waals surface area contributed by atoms with Crippen LogP contribution in [0.25, 0.3) is 11.3 Å². The van der Waals surface area contributed by atoms with Crippen molar-refractivity contribution in [1.29, 1.82) is 0 Å². The van der Waals surface area contributed by atoms with Gasteiger partial charge in [-0.3, -0.25) is 9.58 Å². The SMILES string of the molecule is Cn1cc(CN=C(NCCc2ccco2)NCCN2CCOCC2)c(-c2ccccc2)n1. The molecule has 0 unspecified atom stereocenters. The summed E-state index contributed by atoms with van der Waals surface area (Å²) in [6.07, 6.45) is 4.55. The third-order valence-electron chi connectivity index (χ3n) is 5.43. The molecule has 0 bridgehead atoms. The van der Waals surface area contributed by atoms with Gasteiger partial charge in [-0.1, -0.05) is 30.3 Å². The molecule has 1 aliphatic heterocycles. The summed E-state index contributed by atoms with van der Waals surface area (Å²) in [6.45, 7) is 6.67. The van der Waals surface area contributed by atoms with Gasteiger partial charge in [-0.2, -0.15) is 5.10 Å². The summed E-state index contributed by atoms with van der Waals surface area (Å²) < 4.78 is 12.7. The highest BCUT2D eigenvalue weighted by Crippen LogP contribution is 2.22. The second-order valence-electron chi connectivity index (χ2n) is 7.84. The Balaban J connectivity index is 1.39. The Kier molecular flexibility index (Phi) is 7.94. The largest absolute Gasteiger partial charge is 0.469 e. The Labute approximate surface area is 189 Å². The maximum atomic E-state index is 5.44. The number of benzene rings is 1. The predicted molar refractivity (Wildman–Crippen MR) is 125 cm³/mol. The van der Waals surface area contributed by atoms with Crippen LogP contribution in [0.3, 0.4) is 0 Å². The number of morpholine rings is 1. The molecule has 32 heavy (non-hydrogen) atoms. The average molecular weight is 437 g/mol. The predicted octanol–water partition coefficient (Wildman–Crippen LogP) is 2.29. The topological polar surface area (TPSA) is 79.9 Å². The Morgan fingerprint density at radius 2 is 1.88 bits per heavy atom. The number of nitrogens with one attached hydrogen (secondary N) is 2. The zero-order valence-electron chi connectivity index (χ0n) is 18.7. The van der Waals surface area contributed by atoms with Crippen LogP contribution in [-0.4, -0.2) is 66.6 Å². The lowest BCUT2D eigenvalue weighted by atomic mass is 10.1. The van der Waals surface area contributed by atoms with Gasteiger partial charge in [-0.05, 0) is 12.1 Å². The van der Waals surface area contributed by atoms with E-state index >= 15 is 0 Å². The maximum absolute atomic E-state index is 5.44. The molecule has 3 heterocycles. The van der Waals surface area contributed by atoms with Gasteiger partial charge in [-0.25, -0.2) is 4.99 Å². The highest BCUT2D eigenvalue weighted by atomic mass is 16.5. The Morgan fingerprint density at radius 3 is 2.66 bits per heavy atom. The summed E-state index contributed by atoms with van der Waals surface area (Å²) in [5, 5.41) is 11.6. The minimum atomic E-state index is 0.547. The average Bonchev–Trinajstić information content (AvgIpc) is 3.48. The molecule has 1 fully saturated rings. The summed E-state index contributed by atoms with van der Waals surface area (Å²) in [6, 6.07) is 14.2.